The molecule has 74 valence electrons. The molecule has 2 aromatic heterocycles. The van der Waals surface area contributed by atoms with Crippen LogP contribution in [0.15, 0.2) is 12.3 Å². The van der Waals surface area contributed by atoms with E-state index in [1.807, 2.05) is 10.7 Å². The fraction of sp³-hybridized carbons (Fsp3) is 0.400. The Hall–Kier alpha value is -1.09. The molecule has 0 saturated carbocycles. The van der Waals surface area contributed by atoms with E-state index in [0.717, 1.165) is 34.7 Å². The average molecular weight is 210 g/mol. The molecule has 0 fully saturated rings. The van der Waals surface area contributed by atoms with Gasteiger partial charge in [-0.15, -0.1) is 0 Å². The Morgan fingerprint density at radius 1 is 1.43 bits per heavy atom. The lowest BCUT2D eigenvalue weighted by Crippen LogP contribution is -1.97. The standard InChI is InChI=1S/C10H12ClN3/c1-3-8-9-7(11)5-6-12-10(9)14(4-2)13-8/h5-6H,3-4H2,1-2H3. The van der Waals surface area contributed by atoms with E-state index in [1.165, 1.54) is 0 Å². The highest BCUT2D eigenvalue weighted by molar-refractivity contribution is 6.35. The molecule has 0 spiro atoms. The summed E-state index contributed by atoms with van der Waals surface area (Å²) in [5.74, 6) is 0. The van der Waals surface area contributed by atoms with Crippen molar-refractivity contribution in [1.82, 2.24) is 14.8 Å². The van der Waals surface area contributed by atoms with E-state index in [0.29, 0.717) is 0 Å². The molecular weight excluding hydrogens is 198 g/mol. The molecule has 0 bridgehead atoms. The van der Waals surface area contributed by atoms with Crippen molar-refractivity contribution in [3.8, 4) is 0 Å². The third kappa shape index (κ3) is 1.28. The van der Waals surface area contributed by atoms with Crippen LogP contribution in [0.3, 0.4) is 0 Å². The molecule has 0 aliphatic heterocycles. The van der Waals surface area contributed by atoms with Crippen LogP contribution in [0.1, 0.15) is 19.5 Å². The Morgan fingerprint density at radius 2 is 2.21 bits per heavy atom. The third-order valence-electron chi connectivity index (χ3n) is 2.29. The van der Waals surface area contributed by atoms with Gasteiger partial charge in [-0.1, -0.05) is 18.5 Å². The molecule has 0 aromatic carbocycles. The molecule has 0 aliphatic carbocycles. The number of nitrogens with zero attached hydrogens (tertiary/aromatic N) is 3. The number of hydrogen-bond acceptors (Lipinski definition) is 2. The van der Waals surface area contributed by atoms with Crippen LogP contribution in [-0.2, 0) is 13.0 Å². The summed E-state index contributed by atoms with van der Waals surface area (Å²) >= 11 is 6.12. The van der Waals surface area contributed by atoms with Crippen molar-refractivity contribution in [2.24, 2.45) is 0 Å². The van der Waals surface area contributed by atoms with Gasteiger partial charge >= 0.3 is 0 Å². The molecule has 0 radical (unpaired) electrons. The van der Waals surface area contributed by atoms with Gasteiger partial charge in [0.1, 0.15) is 0 Å². The number of aromatic nitrogens is 3. The second-order valence-electron chi connectivity index (χ2n) is 3.11. The number of aryl methyl sites for hydroxylation is 2. The molecule has 2 rings (SSSR count). The quantitative estimate of drug-likeness (QED) is 0.762. The van der Waals surface area contributed by atoms with Gasteiger partial charge in [-0.2, -0.15) is 5.10 Å². The monoisotopic (exact) mass is 209 g/mol. The van der Waals surface area contributed by atoms with Crippen molar-refractivity contribution in [2.45, 2.75) is 26.8 Å². The summed E-state index contributed by atoms with van der Waals surface area (Å²) in [6.07, 6.45) is 2.60. The second kappa shape index (κ2) is 3.58. The Morgan fingerprint density at radius 3 is 2.86 bits per heavy atom. The van der Waals surface area contributed by atoms with Gasteiger partial charge in [-0.3, -0.25) is 0 Å². The van der Waals surface area contributed by atoms with Crippen LogP contribution in [0.25, 0.3) is 11.0 Å². The van der Waals surface area contributed by atoms with Gasteiger partial charge < -0.3 is 0 Å². The zero-order valence-electron chi connectivity index (χ0n) is 8.29. The van der Waals surface area contributed by atoms with E-state index < -0.39 is 0 Å². The van der Waals surface area contributed by atoms with Crippen molar-refractivity contribution in [3.63, 3.8) is 0 Å². The molecule has 4 heteroatoms. The van der Waals surface area contributed by atoms with E-state index in [4.69, 9.17) is 11.6 Å². The van der Waals surface area contributed by atoms with Crippen LogP contribution in [0, 0.1) is 0 Å². The van der Waals surface area contributed by atoms with Crippen LogP contribution in [0.4, 0.5) is 0 Å². The molecular formula is C10H12ClN3. The zero-order valence-corrected chi connectivity index (χ0v) is 9.04. The first-order valence-corrected chi connectivity index (χ1v) is 5.15. The van der Waals surface area contributed by atoms with Gasteiger partial charge in [0.15, 0.2) is 5.65 Å². The van der Waals surface area contributed by atoms with Gasteiger partial charge in [-0.25, -0.2) is 9.67 Å². The van der Waals surface area contributed by atoms with Gasteiger partial charge in [0.25, 0.3) is 0 Å². The smallest absolute Gasteiger partial charge is 0.159 e. The predicted octanol–water partition coefficient (Wildman–Crippen LogP) is 2.67. The topological polar surface area (TPSA) is 30.7 Å². The van der Waals surface area contributed by atoms with Crippen LogP contribution in [-0.4, -0.2) is 14.8 Å². The summed E-state index contributed by atoms with van der Waals surface area (Å²) in [4.78, 5) is 4.30. The molecule has 3 nitrogen and oxygen atoms in total. The molecule has 0 amide bonds. The minimum Gasteiger partial charge on any atom is -0.247 e. The van der Waals surface area contributed by atoms with Crippen molar-refractivity contribution in [3.05, 3.63) is 23.0 Å². The molecule has 2 aromatic rings. The maximum atomic E-state index is 6.12. The largest absolute Gasteiger partial charge is 0.247 e. The normalized spacial score (nSPS) is 11.1. The minimum atomic E-state index is 0.742. The third-order valence-corrected chi connectivity index (χ3v) is 2.60. The van der Waals surface area contributed by atoms with E-state index in [1.54, 1.807) is 6.20 Å². The van der Waals surface area contributed by atoms with Crippen LogP contribution >= 0.6 is 11.6 Å². The number of halogens is 1. The Bertz CT molecular complexity index is 462. The summed E-state index contributed by atoms with van der Waals surface area (Å²) < 4.78 is 1.89. The van der Waals surface area contributed by atoms with Crippen LogP contribution in [0.5, 0.6) is 0 Å². The fourth-order valence-corrected chi connectivity index (χ4v) is 1.85. The molecule has 0 N–H and O–H groups in total. The van der Waals surface area contributed by atoms with Gasteiger partial charge in [0, 0.05) is 12.7 Å². The zero-order chi connectivity index (χ0) is 10.1. The lowest BCUT2D eigenvalue weighted by Gasteiger charge is -1.96. The fourth-order valence-electron chi connectivity index (χ4n) is 1.60. The number of rotatable bonds is 2. The molecule has 0 saturated heterocycles. The van der Waals surface area contributed by atoms with E-state index in [-0.39, 0.29) is 0 Å². The second-order valence-corrected chi connectivity index (χ2v) is 3.51. The van der Waals surface area contributed by atoms with Crippen molar-refractivity contribution >= 4 is 22.6 Å². The summed E-state index contributed by atoms with van der Waals surface area (Å²) in [6, 6.07) is 1.81. The number of pyridine rings is 1. The molecule has 0 unspecified atom stereocenters. The van der Waals surface area contributed by atoms with Crippen LogP contribution in [0.2, 0.25) is 5.02 Å². The lowest BCUT2D eigenvalue weighted by atomic mass is 10.2. The number of hydrogen-bond donors (Lipinski definition) is 0. The van der Waals surface area contributed by atoms with Crippen molar-refractivity contribution < 1.29 is 0 Å². The van der Waals surface area contributed by atoms with Gasteiger partial charge in [0.2, 0.25) is 0 Å². The highest BCUT2D eigenvalue weighted by Crippen LogP contribution is 2.25. The Labute approximate surface area is 87.7 Å². The summed E-state index contributed by atoms with van der Waals surface area (Å²) in [7, 11) is 0. The molecule has 0 atom stereocenters. The molecule has 2 heterocycles. The highest BCUT2D eigenvalue weighted by atomic mass is 35.5. The highest BCUT2D eigenvalue weighted by Gasteiger charge is 2.11. The Balaban J connectivity index is 2.82. The molecule has 14 heavy (non-hydrogen) atoms. The summed E-state index contributed by atoms with van der Waals surface area (Å²) in [5, 5.41) is 6.20. The SMILES string of the molecule is CCc1nn(CC)c2nccc(Cl)c12. The van der Waals surface area contributed by atoms with E-state index in [2.05, 4.69) is 23.9 Å². The predicted molar refractivity (Wildman–Crippen MR) is 57.6 cm³/mol. The van der Waals surface area contributed by atoms with Gasteiger partial charge in [0.05, 0.1) is 16.1 Å². The minimum absolute atomic E-state index is 0.742. The van der Waals surface area contributed by atoms with Crippen LogP contribution < -0.4 is 0 Å². The first kappa shape index (κ1) is 9.46. The maximum Gasteiger partial charge on any atom is 0.159 e. The average Bonchev–Trinajstić information content (AvgIpc) is 2.57. The van der Waals surface area contributed by atoms with E-state index >= 15 is 0 Å². The maximum absolute atomic E-state index is 6.12. The van der Waals surface area contributed by atoms with Crippen molar-refractivity contribution in [1.29, 1.82) is 0 Å². The first-order valence-electron chi connectivity index (χ1n) is 4.77. The van der Waals surface area contributed by atoms with Gasteiger partial charge in [-0.05, 0) is 19.4 Å². The summed E-state index contributed by atoms with van der Waals surface area (Å²) in [5.41, 5.74) is 1.91. The summed E-state index contributed by atoms with van der Waals surface area (Å²) in [6.45, 7) is 4.95. The van der Waals surface area contributed by atoms with E-state index in [9.17, 15) is 0 Å². The lowest BCUT2D eigenvalue weighted by molar-refractivity contribution is 0.664. The number of fused-ring (bicyclic) bond motifs is 1. The first-order chi connectivity index (χ1) is 6.77. The Kier molecular flexibility index (Phi) is 2.42. The van der Waals surface area contributed by atoms with Crippen molar-refractivity contribution in [2.75, 3.05) is 0 Å². The molecule has 0 aliphatic rings.